The summed E-state index contributed by atoms with van der Waals surface area (Å²) in [5.74, 6) is 0. The fourth-order valence-corrected chi connectivity index (χ4v) is 3.24. The third-order valence-corrected chi connectivity index (χ3v) is 4.57. The molecule has 1 fully saturated rings. The van der Waals surface area contributed by atoms with E-state index in [1.54, 1.807) is 0 Å². The molecule has 0 aliphatic carbocycles. The number of benzene rings is 1. The van der Waals surface area contributed by atoms with Gasteiger partial charge in [0.2, 0.25) is 0 Å². The second-order valence-corrected chi connectivity index (χ2v) is 5.78. The van der Waals surface area contributed by atoms with Gasteiger partial charge in [0, 0.05) is 24.7 Å². The second kappa shape index (κ2) is 7.21. The van der Waals surface area contributed by atoms with Gasteiger partial charge in [0.1, 0.15) is 0 Å². The van der Waals surface area contributed by atoms with Crippen LogP contribution in [0.4, 0.5) is 0 Å². The average molecular weight is 276 g/mol. The van der Waals surface area contributed by atoms with Crippen LogP contribution >= 0.6 is 0 Å². The average Bonchev–Trinajstić information content (AvgIpc) is 2.90. The highest BCUT2D eigenvalue weighted by molar-refractivity contribution is 5.20. The molecule has 0 saturated carbocycles. The minimum absolute atomic E-state index is 0.334. The fourth-order valence-electron chi connectivity index (χ4n) is 3.24. The van der Waals surface area contributed by atoms with Crippen molar-refractivity contribution in [3.8, 4) is 0 Å². The monoisotopic (exact) mass is 276 g/mol. The van der Waals surface area contributed by atoms with Gasteiger partial charge in [-0.1, -0.05) is 37.3 Å². The lowest BCUT2D eigenvalue weighted by molar-refractivity contribution is 0.0623. The summed E-state index contributed by atoms with van der Waals surface area (Å²) in [4.78, 5) is 2.48. The highest BCUT2D eigenvalue weighted by atomic mass is 16.5. The molecule has 1 aliphatic rings. The zero-order valence-corrected chi connectivity index (χ0v) is 13.2. The molecule has 1 aliphatic heterocycles. The van der Waals surface area contributed by atoms with Crippen LogP contribution in [0.25, 0.3) is 0 Å². The largest absolute Gasteiger partial charge is 0.377 e. The number of nitrogens with one attached hydrogen (secondary N) is 1. The summed E-state index contributed by atoms with van der Waals surface area (Å²) in [6.07, 6.45) is 1.47. The normalized spacial score (nSPS) is 25.9. The van der Waals surface area contributed by atoms with Crippen LogP contribution < -0.4 is 5.32 Å². The van der Waals surface area contributed by atoms with Gasteiger partial charge in [-0.25, -0.2) is 0 Å². The molecule has 3 heteroatoms. The van der Waals surface area contributed by atoms with E-state index in [9.17, 15) is 0 Å². The number of hydrogen-bond donors (Lipinski definition) is 1. The van der Waals surface area contributed by atoms with E-state index in [4.69, 9.17) is 4.74 Å². The van der Waals surface area contributed by atoms with E-state index in [0.29, 0.717) is 24.2 Å². The second-order valence-electron chi connectivity index (χ2n) is 5.78. The number of likely N-dealkylation sites (N-methyl/N-ethyl adjacent to an activating group) is 2. The Balaban J connectivity index is 2.12. The molecule has 0 bridgehead atoms. The standard InChI is InChI=1S/C17H28N2O/c1-5-18-17(15-9-7-6-8-10-15)13(2)19(4)16-11-12-20-14(16)3/h6-10,13-14,16-18H,5,11-12H2,1-4H3. The van der Waals surface area contributed by atoms with Gasteiger partial charge in [0.25, 0.3) is 0 Å². The van der Waals surface area contributed by atoms with Crippen LogP contribution in [0.5, 0.6) is 0 Å². The lowest BCUT2D eigenvalue weighted by Gasteiger charge is -2.37. The Morgan fingerprint density at radius 3 is 2.60 bits per heavy atom. The molecule has 1 aromatic carbocycles. The van der Waals surface area contributed by atoms with Crippen LogP contribution in [0.15, 0.2) is 30.3 Å². The van der Waals surface area contributed by atoms with Crippen molar-refractivity contribution in [1.82, 2.24) is 10.2 Å². The summed E-state index contributed by atoms with van der Waals surface area (Å²) in [6, 6.07) is 12.1. The molecule has 112 valence electrons. The highest BCUT2D eigenvalue weighted by Gasteiger charge is 2.33. The molecule has 20 heavy (non-hydrogen) atoms. The quantitative estimate of drug-likeness (QED) is 0.864. The van der Waals surface area contributed by atoms with Crippen LogP contribution in [-0.4, -0.2) is 43.3 Å². The third kappa shape index (κ3) is 3.40. The van der Waals surface area contributed by atoms with Crippen molar-refractivity contribution in [1.29, 1.82) is 0 Å². The maximum atomic E-state index is 5.72. The molecule has 4 unspecified atom stereocenters. The van der Waals surface area contributed by atoms with E-state index in [-0.39, 0.29) is 0 Å². The predicted octanol–water partition coefficient (Wildman–Crippen LogP) is 2.83. The molecule has 1 N–H and O–H groups in total. The molecule has 0 radical (unpaired) electrons. The Kier molecular flexibility index (Phi) is 5.58. The smallest absolute Gasteiger partial charge is 0.0703 e. The van der Waals surface area contributed by atoms with Crippen molar-refractivity contribution in [3.05, 3.63) is 35.9 Å². The minimum atomic E-state index is 0.334. The Labute approximate surface area is 123 Å². The molecule has 1 saturated heterocycles. The molecular weight excluding hydrogens is 248 g/mol. The van der Waals surface area contributed by atoms with E-state index in [1.807, 2.05) is 0 Å². The van der Waals surface area contributed by atoms with Gasteiger partial charge in [0.15, 0.2) is 0 Å². The lowest BCUT2D eigenvalue weighted by Crippen LogP contribution is -2.48. The first-order chi connectivity index (χ1) is 9.65. The third-order valence-electron chi connectivity index (χ3n) is 4.57. The Morgan fingerprint density at radius 1 is 1.35 bits per heavy atom. The maximum Gasteiger partial charge on any atom is 0.0703 e. The SMILES string of the molecule is CCNC(c1ccccc1)C(C)N(C)C1CCOC1C. The van der Waals surface area contributed by atoms with E-state index < -0.39 is 0 Å². The molecule has 0 aromatic heterocycles. The topological polar surface area (TPSA) is 24.5 Å². The van der Waals surface area contributed by atoms with Crippen LogP contribution in [0.2, 0.25) is 0 Å². The minimum Gasteiger partial charge on any atom is -0.377 e. The van der Waals surface area contributed by atoms with E-state index in [2.05, 4.69) is 68.4 Å². The predicted molar refractivity (Wildman–Crippen MR) is 83.9 cm³/mol. The molecule has 1 heterocycles. The van der Waals surface area contributed by atoms with Crippen molar-refractivity contribution in [2.75, 3.05) is 20.2 Å². The summed E-state index contributed by atoms with van der Waals surface area (Å²) in [7, 11) is 2.23. The number of rotatable bonds is 6. The molecule has 2 rings (SSSR count). The first-order valence-electron chi connectivity index (χ1n) is 7.77. The Bertz CT molecular complexity index is 395. The van der Waals surface area contributed by atoms with Crippen molar-refractivity contribution < 1.29 is 4.74 Å². The van der Waals surface area contributed by atoms with E-state index in [1.165, 1.54) is 5.56 Å². The van der Waals surface area contributed by atoms with Crippen molar-refractivity contribution in [2.45, 2.75) is 51.4 Å². The highest BCUT2D eigenvalue weighted by Crippen LogP contribution is 2.26. The Morgan fingerprint density at radius 2 is 2.05 bits per heavy atom. The lowest BCUT2D eigenvalue weighted by atomic mass is 9.97. The summed E-state index contributed by atoms with van der Waals surface area (Å²) in [5, 5.41) is 3.64. The van der Waals surface area contributed by atoms with Crippen LogP contribution in [0.1, 0.15) is 38.8 Å². The summed E-state index contributed by atoms with van der Waals surface area (Å²) in [5.41, 5.74) is 1.36. The van der Waals surface area contributed by atoms with E-state index in [0.717, 1.165) is 19.6 Å². The summed E-state index contributed by atoms with van der Waals surface area (Å²) < 4.78 is 5.72. The number of nitrogens with zero attached hydrogens (tertiary/aromatic N) is 1. The fraction of sp³-hybridized carbons (Fsp3) is 0.647. The van der Waals surface area contributed by atoms with Crippen molar-refractivity contribution >= 4 is 0 Å². The number of hydrogen-bond acceptors (Lipinski definition) is 3. The zero-order chi connectivity index (χ0) is 14.5. The number of ether oxygens (including phenoxy) is 1. The molecule has 1 aromatic rings. The van der Waals surface area contributed by atoms with Gasteiger partial charge in [-0.15, -0.1) is 0 Å². The molecule has 3 nitrogen and oxygen atoms in total. The van der Waals surface area contributed by atoms with Crippen molar-refractivity contribution in [2.24, 2.45) is 0 Å². The first-order valence-corrected chi connectivity index (χ1v) is 7.77. The van der Waals surface area contributed by atoms with Crippen LogP contribution in [-0.2, 0) is 4.74 Å². The first kappa shape index (κ1) is 15.5. The van der Waals surface area contributed by atoms with Crippen LogP contribution in [0, 0.1) is 0 Å². The van der Waals surface area contributed by atoms with Crippen molar-refractivity contribution in [3.63, 3.8) is 0 Å². The van der Waals surface area contributed by atoms with Gasteiger partial charge >= 0.3 is 0 Å². The molecule has 0 spiro atoms. The van der Waals surface area contributed by atoms with Gasteiger partial charge in [-0.2, -0.15) is 0 Å². The van der Waals surface area contributed by atoms with E-state index >= 15 is 0 Å². The maximum absolute atomic E-state index is 5.72. The summed E-state index contributed by atoms with van der Waals surface area (Å²) >= 11 is 0. The van der Waals surface area contributed by atoms with Gasteiger partial charge in [-0.3, -0.25) is 4.90 Å². The summed E-state index contributed by atoms with van der Waals surface area (Å²) in [6.45, 7) is 8.54. The molecular formula is C17H28N2O. The van der Waals surface area contributed by atoms with Gasteiger partial charge < -0.3 is 10.1 Å². The Hall–Kier alpha value is -0.900. The molecule has 0 amide bonds. The van der Waals surface area contributed by atoms with Gasteiger partial charge in [0.05, 0.1) is 6.10 Å². The van der Waals surface area contributed by atoms with Gasteiger partial charge in [-0.05, 0) is 39.4 Å². The zero-order valence-electron chi connectivity index (χ0n) is 13.2. The molecule has 4 atom stereocenters. The van der Waals surface area contributed by atoms with Crippen LogP contribution in [0.3, 0.4) is 0 Å².